The fraction of sp³-hybridized carbons (Fsp3) is 0.625. The molecule has 2 aliphatic heterocycles. The molecular formula is C16H24FN3. The van der Waals surface area contributed by atoms with E-state index < -0.39 is 0 Å². The summed E-state index contributed by atoms with van der Waals surface area (Å²) >= 11 is 0. The highest BCUT2D eigenvalue weighted by Crippen LogP contribution is 2.26. The Bertz CT molecular complexity index is 477. The zero-order valence-corrected chi connectivity index (χ0v) is 12.2. The smallest absolute Gasteiger partial charge is 0.123 e. The van der Waals surface area contributed by atoms with Crippen LogP contribution in [-0.2, 0) is 13.1 Å². The summed E-state index contributed by atoms with van der Waals surface area (Å²) in [4.78, 5) is 5.10. The van der Waals surface area contributed by atoms with Gasteiger partial charge in [0.2, 0.25) is 0 Å². The Labute approximate surface area is 120 Å². The van der Waals surface area contributed by atoms with Crippen LogP contribution in [0.2, 0.25) is 0 Å². The van der Waals surface area contributed by atoms with Gasteiger partial charge >= 0.3 is 0 Å². The van der Waals surface area contributed by atoms with Crippen LogP contribution in [0.1, 0.15) is 30.9 Å². The monoisotopic (exact) mass is 277 g/mol. The predicted molar refractivity (Wildman–Crippen MR) is 78.8 cm³/mol. The first-order valence-electron chi connectivity index (χ1n) is 7.62. The second-order valence-corrected chi connectivity index (χ2v) is 6.24. The highest BCUT2D eigenvalue weighted by Gasteiger charge is 2.34. The van der Waals surface area contributed by atoms with Gasteiger partial charge in [0, 0.05) is 38.3 Å². The normalized spacial score (nSPS) is 27.8. The average molecular weight is 277 g/mol. The van der Waals surface area contributed by atoms with Crippen molar-refractivity contribution in [3.8, 4) is 0 Å². The number of fused-ring (bicyclic) bond motifs is 1. The second kappa shape index (κ2) is 5.80. The highest BCUT2D eigenvalue weighted by molar-refractivity contribution is 5.24. The summed E-state index contributed by atoms with van der Waals surface area (Å²) < 4.78 is 13.6. The molecular weight excluding hydrogens is 253 g/mol. The predicted octanol–water partition coefficient (Wildman–Crippen LogP) is 1.95. The Morgan fingerprint density at radius 3 is 2.85 bits per heavy atom. The van der Waals surface area contributed by atoms with Crippen molar-refractivity contribution in [3.63, 3.8) is 0 Å². The molecule has 2 atom stereocenters. The van der Waals surface area contributed by atoms with E-state index in [0.717, 1.165) is 30.8 Å². The fourth-order valence-corrected chi connectivity index (χ4v) is 3.63. The summed E-state index contributed by atoms with van der Waals surface area (Å²) in [5, 5.41) is 0. The van der Waals surface area contributed by atoms with E-state index in [1.807, 2.05) is 6.07 Å². The molecule has 0 bridgehead atoms. The van der Waals surface area contributed by atoms with Gasteiger partial charge in [0.25, 0.3) is 0 Å². The first kappa shape index (κ1) is 14.0. The number of benzene rings is 1. The summed E-state index contributed by atoms with van der Waals surface area (Å²) in [5.74, 6) is -0.171. The number of nitrogens with two attached hydrogens (primary N) is 1. The topological polar surface area (TPSA) is 32.5 Å². The maximum atomic E-state index is 13.6. The molecule has 0 spiro atoms. The largest absolute Gasteiger partial charge is 0.326 e. The van der Waals surface area contributed by atoms with Crippen LogP contribution in [0.4, 0.5) is 4.39 Å². The summed E-state index contributed by atoms with van der Waals surface area (Å²) in [6, 6.07) is 6.45. The van der Waals surface area contributed by atoms with E-state index in [1.54, 1.807) is 6.07 Å². The summed E-state index contributed by atoms with van der Waals surface area (Å²) in [6.45, 7) is 7.00. The molecule has 2 saturated heterocycles. The molecule has 0 saturated carbocycles. The lowest BCUT2D eigenvalue weighted by atomic mass is 10.1. The standard InChI is InChI=1S/C16H24FN3/c1-12-9-19-4-2-3-16(19)11-20(12)10-14-5-13(8-18)6-15(17)7-14/h5-7,12,16H,2-4,8-11,18H2,1H3. The molecule has 20 heavy (non-hydrogen) atoms. The van der Waals surface area contributed by atoms with Crippen LogP contribution in [0, 0.1) is 5.82 Å². The number of hydrogen-bond acceptors (Lipinski definition) is 3. The van der Waals surface area contributed by atoms with Gasteiger partial charge in [-0.15, -0.1) is 0 Å². The minimum Gasteiger partial charge on any atom is -0.326 e. The van der Waals surface area contributed by atoms with Crippen molar-refractivity contribution < 1.29 is 4.39 Å². The van der Waals surface area contributed by atoms with Crippen molar-refractivity contribution in [2.24, 2.45) is 5.73 Å². The lowest BCUT2D eigenvalue weighted by Gasteiger charge is -2.42. The van der Waals surface area contributed by atoms with Crippen LogP contribution >= 0.6 is 0 Å². The summed E-state index contributed by atoms with van der Waals surface area (Å²) in [6.07, 6.45) is 2.63. The van der Waals surface area contributed by atoms with Crippen LogP contribution < -0.4 is 5.73 Å². The first-order chi connectivity index (χ1) is 9.65. The van der Waals surface area contributed by atoms with Crippen molar-refractivity contribution in [3.05, 3.63) is 35.1 Å². The molecule has 2 fully saturated rings. The van der Waals surface area contributed by atoms with Gasteiger partial charge in [-0.3, -0.25) is 9.80 Å². The van der Waals surface area contributed by atoms with Crippen molar-refractivity contribution >= 4 is 0 Å². The summed E-state index contributed by atoms with van der Waals surface area (Å²) in [5.41, 5.74) is 7.56. The molecule has 4 heteroatoms. The molecule has 0 aromatic heterocycles. The third kappa shape index (κ3) is 2.87. The SMILES string of the molecule is CC1CN2CCCC2CN1Cc1cc(F)cc(CN)c1. The van der Waals surface area contributed by atoms with Gasteiger partial charge in [-0.1, -0.05) is 6.07 Å². The lowest BCUT2D eigenvalue weighted by Crippen LogP contribution is -2.54. The van der Waals surface area contributed by atoms with Crippen LogP contribution in [0.5, 0.6) is 0 Å². The van der Waals surface area contributed by atoms with Gasteiger partial charge in [-0.05, 0) is 49.6 Å². The first-order valence-corrected chi connectivity index (χ1v) is 7.62. The van der Waals surface area contributed by atoms with Crippen molar-refractivity contribution in [2.45, 2.75) is 44.9 Å². The molecule has 0 aliphatic carbocycles. The van der Waals surface area contributed by atoms with Crippen LogP contribution in [0.3, 0.4) is 0 Å². The Morgan fingerprint density at radius 1 is 1.25 bits per heavy atom. The van der Waals surface area contributed by atoms with Crippen LogP contribution in [-0.4, -0.2) is 41.5 Å². The molecule has 110 valence electrons. The quantitative estimate of drug-likeness (QED) is 0.916. The van der Waals surface area contributed by atoms with E-state index in [9.17, 15) is 4.39 Å². The molecule has 0 radical (unpaired) electrons. The Morgan fingerprint density at radius 2 is 2.05 bits per heavy atom. The van der Waals surface area contributed by atoms with Gasteiger partial charge < -0.3 is 5.73 Å². The van der Waals surface area contributed by atoms with E-state index in [4.69, 9.17) is 5.73 Å². The lowest BCUT2D eigenvalue weighted by molar-refractivity contribution is 0.0540. The molecule has 0 amide bonds. The molecule has 2 unspecified atom stereocenters. The van der Waals surface area contributed by atoms with E-state index >= 15 is 0 Å². The van der Waals surface area contributed by atoms with E-state index in [0.29, 0.717) is 18.6 Å². The second-order valence-electron chi connectivity index (χ2n) is 6.24. The van der Waals surface area contributed by atoms with Crippen molar-refractivity contribution in [1.82, 2.24) is 9.80 Å². The van der Waals surface area contributed by atoms with Crippen molar-refractivity contribution in [2.75, 3.05) is 19.6 Å². The molecule has 2 aliphatic rings. The fourth-order valence-electron chi connectivity index (χ4n) is 3.63. The molecule has 3 nitrogen and oxygen atoms in total. The van der Waals surface area contributed by atoms with E-state index in [1.165, 1.54) is 25.5 Å². The molecule has 1 aromatic carbocycles. The van der Waals surface area contributed by atoms with Crippen molar-refractivity contribution in [1.29, 1.82) is 0 Å². The molecule has 1 aromatic rings. The minimum atomic E-state index is -0.171. The number of halogens is 1. The summed E-state index contributed by atoms with van der Waals surface area (Å²) in [7, 11) is 0. The number of piperazine rings is 1. The maximum absolute atomic E-state index is 13.6. The number of rotatable bonds is 3. The zero-order chi connectivity index (χ0) is 14.1. The Kier molecular flexibility index (Phi) is 4.06. The van der Waals surface area contributed by atoms with Gasteiger partial charge in [-0.2, -0.15) is 0 Å². The van der Waals surface area contributed by atoms with Crippen LogP contribution in [0.25, 0.3) is 0 Å². The van der Waals surface area contributed by atoms with Gasteiger partial charge in [0.05, 0.1) is 0 Å². The highest BCUT2D eigenvalue weighted by atomic mass is 19.1. The third-order valence-electron chi connectivity index (χ3n) is 4.71. The number of hydrogen-bond donors (Lipinski definition) is 1. The minimum absolute atomic E-state index is 0.171. The van der Waals surface area contributed by atoms with E-state index in [2.05, 4.69) is 16.7 Å². The number of nitrogens with zero attached hydrogens (tertiary/aromatic N) is 2. The van der Waals surface area contributed by atoms with Crippen LogP contribution in [0.15, 0.2) is 18.2 Å². The van der Waals surface area contributed by atoms with E-state index in [-0.39, 0.29) is 5.82 Å². The molecule has 2 heterocycles. The van der Waals surface area contributed by atoms with Gasteiger partial charge in [-0.25, -0.2) is 4.39 Å². The Balaban J connectivity index is 1.72. The van der Waals surface area contributed by atoms with Gasteiger partial charge in [0.1, 0.15) is 5.82 Å². The van der Waals surface area contributed by atoms with Gasteiger partial charge in [0.15, 0.2) is 0 Å². The Hall–Kier alpha value is -0.970. The third-order valence-corrected chi connectivity index (χ3v) is 4.71. The molecule has 3 rings (SSSR count). The zero-order valence-electron chi connectivity index (χ0n) is 12.2. The average Bonchev–Trinajstić information content (AvgIpc) is 2.85. The molecule has 2 N–H and O–H groups in total. The maximum Gasteiger partial charge on any atom is 0.123 e.